The van der Waals surface area contributed by atoms with Crippen LogP contribution < -0.4 is 0 Å². The van der Waals surface area contributed by atoms with Gasteiger partial charge in [0.05, 0.1) is 23.0 Å². The minimum Gasteiger partial charge on any atom is -0.228 e. The van der Waals surface area contributed by atoms with Gasteiger partial charge in [0.1, 0.15) is 0 Å². The summed E-state index contributed by atoms with van der Waals surface area (Å²) in [6.07, 6.45) is 8.98. The van der Waals surface area contributed by atoms with Crippen molar-refractivity contribution in [3.05, 3.63) is 0 Å². The van der Waals surface area contributed by atoms with Gasteiger partial charge < -0.3 is 0 Å². The van der Waals surface area contributed by atoms with Crippen molar-refractivity contribution >= 4 is 9.84 Å². The lowest BCUT2D eigenvalue weighted by Gasteiger charge is -2.21. The van der Waals surface area contributed by atoms with Crippen LogP contribution in [0, 0.1) is 23.2 Å². The second-order valence-corrected chi connectivity index (χ2v) is 8.16. The zero-order valence-electron chi connectivity index (χ0n) is 11.0. The van der Waals surface area contributed by atoms with Gasteiger partial charge in [0, 0.05) is 0 Å². The lowest BCUT2D eigenvalue weighted by atomic mass is 10.0. The fourth-order valence-electron chi connectivity index (χ4n) is 3.48. The van der Waals surface area contributed by atoms with Gasteiger partial charge in [-0.3, -0.25) is 0 Å². The normalized spacial score (nSPS) is 30.8. The fraction of sp³-hybridized carbons (Fsp3) is 0.929. The van der Waals surface area contributed by atoms with Crippen LogP contribution in [-0.2, 0) is 9.84 Å². The lowest BCUT2D eigenvalue weighted by Crippen LogP contribution is -2.32. The van der Waals surface area contributed by atoms with Crippen molar-refractivity contribution in [2.45, 2.75) is 63.0 Å². The zero-order valence-corrected chi connectivity index (χ0v) is 11.8. The molecule has 4 heteroatoms. The molecule has 0 aromatic rings. The number of nitrogens with zero attached hydrogens (tertiary/aromatic N) is 1. The van der Waals surface area contributed by atoms with Crippen LogP contribution in [0.25, 0.3) is 0 Å². The van der Waals surface area contributed by atoms with Gasteiger partial charge in [0.2, 0.25) is 0 Å². The van der Waals surface area contributed by atoms with E-state index in [1.54, 1.807) is 0 Å². The first-order valence-corrected chi connectivity index (χ1v) is 8.96. The first-order valence-electron chi connectivity index (χ1n) is 7.24. The number of sulfone groups is 1. The molecule has 0 bridgehead atoms. The third-order valence-electron chi connectivity index (χ3n) is 4.52. The summed E-state index contributed by atoms with van der Waals surface area (Å²) in [7, 11) is -3.07. The Balaban J connectivity index is 2.08. The Bertz CT molecular complexity index is 404. The lowest BCUT2D eigenvalue weighted by molar-refractivity contribution is 0.507. The largest absolute Gasteiger partial charge is 0.228 e. The van der Waals surface area contributed by atoms with E-state index in [1.165, 1.54) is 12.8 Å². The maximum atomic E-state index is 12.5. The zero-order chi connectivity index (χ0) is 13.0. The summed E-state index contributed by atoms with van der Waals surface area (Å²) < 4.78 is 25.0. The van der Waals surface area contributed by atoms with E-state index in [4.69, 9.17) is 0 Å². The van der Waals surface area contributed by atoms with Gasteiger partial charge in [-0.2, -0.15) is 5.26 Å². The van der Waals surface area contributed by atoms with Crippen LogP contribution in [0.3, 0.4) is 0 Å². The van der Waals surface area contributed by atoms with Crippen LogP contribution in [0.5, 0.6) is 0 Å². The SMILES string of the molecule is N#CC1CCCCCC1S(=O)(=O)CC1CCCC1. The summed E-state index contributed by atoms with van der Waals surface area (Å²) in [4.78, 5) is 0. The van der Waals surface area contributed by atoms with E-state index in [2.05, 4.69) is 6.07 Å². The van der Waals surface area contributed by atoms with Crippen LogP contribution in [0.15, 0.2) is 0 Å². The first kappa shape index (κ1) is 13.9. The standard InChI is InChI=1S/C14H23NO2S/c15-10-13-8-2-1-3-9-14(13)18(16,17)11-12-6-4-5-7-12/h12-14H,1-9,11H2. The van der Waals surface area contributed by atoms with Crippen molar-refractivity contribution in [3.63, 3.8) is 0 Å². The summed E-state index contributed by atoms with van der Waals surface area (Å²) in [6.45, 7) is 0. The average Bonchev–Trinajstić information content (AvgIpc) is 2.69. The summed E-state index contributed by atoms with van der Waals surface area (Å²) in [5.41, 5.74) is 0. The molecule has 2 unspecified atom stereocenters. The van der Waals surface area contributed by atoms with Crippen molar-refractivity contribution in [2.24, 2.45) is 11.8 Å². The van der Waals surface area contributed by atoms with Crippen molar-refractivity contribution in [3.8, 4) is 6.07 Å². The van der Waals surface area contributed by atoms with Gasteiger partial charge in [-0.1, -0.05) is 32.1 Å². The molecule has 0 N–H and O–H groups in total. The number of nitriles is 1. The maximum Gasteiger partial charge on any atom is 0.154 e. The molecule has 0 aliphatic heterocycles. The molecule has 2 rings (SSSR count). The molecule has 0 aromatic heterocycles. The molecule has 0 spiro atoms. The maximum absolute atomic E-state index is 12.5. The molecule has 2 aliphatic rings. The van der Waals surface area contributed by atoms with Gasteiger partial charge in [-0.05, 0) is 31.6 Å². The first-order chi connectivity index (χ1) is 8.63. The Kier molecular flexibility index (Phi) is 4.66. The second kappa shape index (κ2) is 6.06. The topological polar surface area (TPSA) is 57.9 Å². The molecule has 2 atom stereocenters. The second-order valence-electron chi connectivity index (χ2n) is 5.89. The minimum atomic E-state index is -3.07. The Morgan fingerprint density at radius 3 is 2.22 bits per heavy atom. The van der Waals surface area contributed by atoms with Crippen LogP contribution in [0.1, 0.15) is 57.8 Å². The third-order valence-corrected chi connectivity index (χ3v) is 6.95. The highest BCUT2D eigenvalue weighted by Gasteiger charge is 2.36. The highest BCUT2D eigenvalue weighted by molar-refractivity contribution is 7.92. The molecule has 0 saturated heterocycles. The van der Waals surface area contributed by atoms with Crippen molar-refractivity contribution in [1.82, 2.24) is 0 Å². The Morgan fingerprint density at radius 2 is 1.56 bits per heavy atom. The molecule has 0 heterocycles. The van der Waals surface area contributed by atoms with Gasteiger partial charge in [0.15, 0.2) is 9.84 Å². The predicted octanol–water partition coefficient (Wildman–Crippen LogP) is 3.06. The highest BCUT2D eigenvalue weighted by Crippen LogP contribution is 2.32. The van der Waals surface area contributed by atoms with E-state index in [9.17, 15) is 13.7 Å². The highest BCUT2D eigenvalue weighted by atomic mass is 32.2. The van der Waals surface area contributed by atoms with Gasteiger partial charge in [0.25, 0.3) is 0 Å². The molecule has 0 aromatic carbocycles. The molecule has 18 heavy (non-hydrogen) atoms. The van der Waals surface area contributed by atoms with E-state index < -0.39 is 9.84 Å². The monoisotopic (exact) mass is 269 g/mol. The van der Waals surface area contributed by atoms with E-state index in [-0.39, 0.29) is 11.2 Å². The van der Waals surface area contributed by atoms with Crippen LogP contribution >= 0.6 is 0 Å². The van der Waals surface area contributed by atoms with Crippen LogP contribution in [0.4, 0.5) is 0 Å². The Morgan fingerprint density at radius 1 is 0.944 bits per heavy atom. The molecule has 2 fully saturated rings. The third kappa shape index (κ3) is 3.26. The van der Waals surface area contributed by atoms with Crippen molar-refractivity contribution in [2.75, 3.05) is 5.75 Å². The van der Waals surface area contributed by atoms with E-state index >= 15 is 0 Å². The smallest absolute Gasteiger partial charge is 0.154 e. The number of rotatable bonds is 3. The Hall–Kier alpha value is -0.560. The molecule has 0 amide bonds. The van der Waals surface area contributed by atoms with E-state index in [0.717, 1.165) is 38.5 Å². The number of hydrogen-bond acceptors (Lipinski definition) is 3. The number of hydrogen-bond donors (Lipinski definition) is 0. The summed E-state index contributed by atoms with van der Waals surface area (Å²) in [5, 5.41) is 8.81. The molecular weight excluding hydrogens is 246 g/mol. The molecular formula is C14H23NO2S. The van der Waals surface area contributed by atoms with Gasteiger partial charge in [-0.15, -0.1) is 0 Å². The molecule has 102 valence electrons. The summed E-state index contributed by atoms with van der Waals surface area (Å²) in [5.74, 6) is 0.423. The van der Waals surface area contributed by atoms with Gasteiger partial charge in [-0.25, -0.2) is 8.42 Å². The summed E-state index contributed by atoms with van der Waals surface area (Å²) >= 11 is 0. The molecule has 2 saturated carbocycles. The van der Waals surface area contributed by atoms with Crippen molar-refractivity contribution < 1.29 is 8.42 Å². The van der Waals surface area contributed by atoms with Gasteiger partial charge >= 0.3 is 0 Å². The fourth-order valence-corrected chi connectivity index (χ4v) is 5.94. The van der Waals surface area contributed by atoms with E-state index in [0.29, 0.717) is 18.1 Å². The van der Waals surface area contributed by atoms with Crippen LogP contribution in [0.2, 0.25) is 0 Å². The molecule has 0 radical (unpaired) electrons. The quantitative estimate of drug-likeness (QED) is 0.740. The average molecular weight is 269 g/mol. The van der Waals surface area contributed by atoms with E-state index in [1.807, 2.05) is 0 Å². The summed E-state index contributed by atoms with van der Waals surface area (Å²) in [6, 6.07) is 2.25. The van der Waals surface area contributed by atoms with Crippen molar-refractivity contribution in [1.29, 1.82) is 5.26 Å². The molecule has 3 nitrogen and oxygen atoms in total. The minimum absolute atomic E-state index is 0.265. The molecule has 2 aliphatic carbocycles. The van der Waals surface area contributed by atoms with Crippen LogP contribution in [-0.4, -0.2) is 19.4 Å². The predicted molar refractivity (Wildman–Crippen MR) is 71.7 cm³/mol. The Labute approximate surface area is 110 Å².